The highest BCUT2D eigenvalue weighted by atomic mass is 35.5. The zero-order valence-electron chi connectivity index (χ0n) is 8.09. The van der Waals surface area contributed by atoms with E-state index in [1.54, 1.807) is 18.2 Å². The van der Waals surface area contributed by atoms with Gasteiger partial charge >= 0.3 is 0 Å². The molecule has 2 rings (SSSR count). The molecule has 0 saturated heterocycles. The van der Waals surface area contributed by atoms with Gasteiger partial charge in [-0.05, 0) is 25.0 Å². The highest BCUT2D eigenvalue weighted by molar-refractivity contribution is 6.36. The lowest BCUT2D eigenvalue weighted by Crippen LogP contribution is -2.47. The Hall–Kier alpha value is -0.730. The Bertz CT molecular complexity index is 393. The van der Waals surface area contributed by atoms with Crippen LogP contribution in [0.4, 0.5) is 0 Å². The van der Waals surface area contributed by atoms with E-state index in [4.69, 9.17) is 28.9 Å². The summed E-state index contributed by atoms with van der Waals surface area (Å²) in [6, 6.07) is 5.25. The Labute approximate surface area is 98.4 Å². The molecule has 0 bridgehead atoms. The quantitative estimate of drug-likeness (QED) is 0.853. The van der Waals surface area contributed by atoms with Crippen LogP contribution in [-0.2, 0) is 10.2 Å². The van der Waals surface area contributed by atoms with Crippen molar-refractivity contribution < 1.29 is 4.79 Å². The Morgan fingerprint density at radius 2 is 1.80 bits per heavy atom. The molecule has 1 saturated carbocycles. The van der Waals surface area contributed by atoms with Crippen molar-refractivity contribution in [3.63, 3.8) is 0 Å². The van der Waals surface area contributed by atoms with Crippen LogP contribution < -0.4 is 5.73 Å². The molecule has 0 aromatic heterocycles. The summed E-state index contributed by atoms with van der Waals surface area (Å²) in [4.78, 5) is 11.5. The fraction of sp³-hybridized carbons (Fsp3) is 0.364. The number of hydrogen-bond donors (Lipinski definition) is 1. The van der Waals surface area contributed by atoms with Crippen LogP contribution >= 0.6 is 23.2 Å². The van der Waals surface area contributed by atoms with E-state index in [9.17, 15) is 4.79 Å². The lowest BCUT2D eigenvalue weighted by Gasteiger charge is -2.40. The summed E-state index contributed by atoms with van der Waals surface area (Å²) >= 11 is 12.2. The van der Waals surface area contributed by atoms with Crippen molar-refractivity contribution in [2.24, 2.45) is 5.73 Å². The summed E-state index contributed by atoms with van der Waals surface area (Å²) in [5, 5.41) is 1.06. The second kappa shape index (κ2) is 3.69. The largest absolute Gasteiger partial charge is 0.369 e. The van der Waals surface area contributed by atoms with Crippen LogP contribution in [0.3, 0.4) is 0 Å². The van der Waals surface area contributed by atoms with E-state index in [-0.39, 0.29) is 5.91 Å². The maximum absolute atomic E-state index is 11.5. The topological polar surface area (TPSA) is 43.1 Å². The number of amides is 1. The highest BCUT2D eigenvalue weighted by Gasteiger charge is 2.46. The summed E-state index contributed by atoms with van der Waals surface area (Å²) in [5.41, 5.74) is 5.52. The number of rotatable bonds is 2. The number of primary amides is 1. The zero-order chi connectivity index (χ0) is 11.1. The molecule has 4 heteroatoms. The molecule has 2 nitrogen and oxygen atoms in total. The second-order valence-corrected chi connectivity index (χ2v) is 4.71. The van der Waals surface area contributed by atoms with Crippen LogP contribution in [0.1, 0.15) is 24.8 Å². The fourth-order valence-corrected chi connectivity index (χ4v) is 2.86. The smallest absolute Gasteiger partial charge is 0.228 e. The second-order valence-electron chi connectivity index (χ2n) is 3.90. The lowest BCUT2D eigenvalue weighted by molar-refractivity contribution is -0.126. The first-order valence-electron chi connectivity index (χ1n) is 4.82. The maximum atomic E-state index is 11.5. The monoisotopic (exact) mass is 243 g/mol. The predicted molar refractivity (Wildman–Crippen MR) is 61.2 cm³/mol. The van der Waals surface area contributed by atoms with Crippen molar-refractivity contribution in [3.8, 4) is 0 Å². The van der Waals surface area contributed by atoms with Crippen LogP contribution in [-0.4, -0.2) is 5.91 Å². The molecule has 1 amide bonds. The standard InChI is InChI=1S/C11H11Cl2NO/c12-7-3-1-4-8(13)9(7)11(10(14)15)5-2-6-11/h1,3-4H,2,5-6H2,(H2,14,15). The first kappa shape index (κ1) is 10.8. The SMILES string of the molecule is NC(=O)C1(c2c(Cl)cccc2Cl)CCC1. The van der Waals surface area contributed by atoms with Gasteiger partial charge in [-0.15, -0.1) is 0 Å². The zero-order valence-corrected chi connectivity index (χ0v) is 9.61. The molecule has 0 aliphatic heterocycles. The van der Waals surface area contributed by atoms with Crippen LogP contribution in [0.5, 0.6) is 0 Å². The van der Waals surface area contributed by atoms with E-state index < -0.39 is 5.41 Å². The van der Waals surface area contributed by atoms with Crippen molar-refractivity contribution in [1.29, 1.82) is 0 Å². The summed E-state index contributed by atoms with van der Waals surface area (Å²) in [7, 11) is 0. The van der Waals surface area contributed by atoms with Gasteiger partial charge in [-0.1, -0.05) is 35.7 Å². The van der Waals surface area contributed by atoms with Crippen molar-refractivity contribution in [3.05, 3.63) is 33.8 Å². The van der Waals surface area contributed by atoms with Gasteiger partial charge < -0.3 is 5.73 Å². The molecule has 80 valence electrons. The number of nitrogens with two attached hydrogens (primary N) is 1. The third kappa shape index (κ3) is 1.52. The van der Waals surface area contributed by atoms with Gasteiger partial charge in [-0.3, -0.25) is 4.79 Å². The highest BCUT2D eigenvalue weighted by Crippen LogP contribution is 2.48. The Morgan fingerprint density at radius 3 is 2.13 bits per heavy atom. The van der Waals surface area contributed by atoms with Gasteiger partial charge in [0.1, 0.15) is 0 Å². The van der Waals surface area contributed by atoms with E-state index in [0.717, 1.165) is 19.3 Å². The van der Waals surface area contributed by atoms with Gasteiger partial charge in [0.25, 0.3) is 0 Å². The molecule has 0 atom stereocenters. The third-order valence-corrected chi connectivity index (χ3v) is 3.75. The summed E-state index contributed by atoms with van der Waals surface area (Å²) in [6.07, 6.45) is 2.47. The molecule has 1 aromatic carbocycles. The van der Waals surface area contributed by atoms with Crippen molar-refractivity contribution >= 4 is 29.1 Å². The van der Waals surface area contributed by atoms with Gasteiger partial charge in [-0.25, -0.2) is 0 Å². The Balaban J connectivity index is 2.57. The van der Waals surface area contributed by atoms with Gasteiger partial charge in [0.15, 0.2) is 0 Å². The number of benzene rings is 1. The normalized spacial score (nSPS) is 18.3. The molecule has 2 N–H and O–H groups in total. The maximum Gasteiger partial charge on any atom is 0.228 e. The molecule has 1 fully saturated rings. The molecule has 0 heterocycles. The van der Waals surface area contributed by atoms with Crippen LogP contribution in [0.25, 0.3) is 0 Å². The molecular formula is C11H11Cl2NO. The molecule has 1 aliphatic rings. The van der Waals surface area contributed by atoms with Gasteiger partial charge in [-0.2, -0.15) is 0 Å². The number of carbonyl (C=O) groups is 1. The summed E-state index contributed by atoms with van der Waals surface area (Å²) in [6.45, 7) is 0. The van der Waals surface area contributed by atoms with Gasteiger partial charge in [0.2, 0.25) is 5.91 Å². The summed E-state index contributed by atoms with van der Waals surface area (Å²) in [5.74, 6) is -0.330. The first-order chi connectivity index (χ1) is 7.08. The average Bonchev–Trinajstić information content (AvgIpc) is 2.07. The predicted octanol–water partition coefficient (Wildman–Crippen LogP) is 2.90. The van der Waals surface area contributed by atoms with Crippen LogP contribution in [0.2, 0.25) is 10.0 Å². The number of carbonyl (C=O) groups excluding carboxylic acids is 1. The average molecular weight is 244 g/mol. The minimum atomic E-state index is -0.630. The lowest BCUT2D eigenvalue weighted by atomic mass is 9.64. The van der Waals surface area contributed by atoms with Crippen LogP contribution in [0.15, 0.2) is 18.2 Å². The van der Waals surface area contributed by atoms with Crippen LogP contribution in [0, 0.1) is 0 Å². The Kier molecular flexibility index (Phi) is 2.65. The molecule has 0 unspecified atom stereocenters. The third-order valence-electron chi connectivity index (χ3n) is 3.12. The van der Waals surface area contributed by atoms with E-state index in [1.807, 2.05) is 0 Å². The minimum Gasteiger partial charge on any atom is -0.369 e. The van der Waals surface area contributed by atoms with Crippen molar-refractivity contribution in [2.75, 3.05) is 0 Å². The molecule has 0 radical (unpaired) electrons. The van der Waals surface area contributed by atoms with Gasteiger partial charge in [0.05, 0.1) is 5.41 Å². The van der Waals surface area contributed by atoms with E-state index in [0.29, 0.717) is 15.6 Å². The fourth-order valence-electron chi connectivity index (χ4n) is 2.10. The van der Waals surface area contributed by atoms with Gasteiger partial charge in [0, 0.05) is 15.6 Å². The molecule has 1 aromatic rings. The van der Waals surface area contributed by atoms with E-state index >= 15 is 0 Å². The molecule has 1 aliphatic carbocycles. The minimum absolute atomic E-state index is 0.330. The molecular weight excluding hydrogens is 233 g/mol. The first-order valence-corrected chi connectivity index (χ1v) is 5.58. The van der Waals surface area contributed by atoms with E-state index in [2.05, 4.69) is 0 Å². The summed E-state index contributed by atoms with van der Waals surface area (Å²) < 4.78 is 0. The van der Waals surface area contributed by atoms with E-state index in [1.165, 1.54) is 0 Å². The Morgan fingerprint density at radius 1 is 1.27 bits per heavy atom. The molecule has 15 heavy (non-hydrogen) atoms. The number of hydrogen-bond acceptors (Lipinski definition) is 1. The van der Waals surface area contributed by atoms with Crippen molar-refractivity contribution in [1.82, 2.24) is 0 Å². The van der Waals surface area contributed by atoms with Crippen molar-refractivity contribution in [2.45, 2.75) is 24.7 Å². The molecule has 0 spiro atoms. The number of halogens is 2.